The van der Waals surface area contributed by atoms with Gasteiger partial charge in [0.05, 0.1) is 12.8 Å². The molecule has 5 nitrogen and oxygen atoms in total. The van der Waals surface area contributed by atoms with Crippen LogP contribution in [0.3, 0.4) is 0 Å². The predicted molar refractivity (Wildman–Crippen MR) is 113 cm³/mol. The minimum atomic E-state index is -0.0459. The van der Waals surface area contributed by atoms with Crippen molar-refractivity contribution in [2.24, 2.45) is 0 Å². The molecule has 0 radical (unpaired) electrons. The molecule has 1 heterocycles. The molecule has 0 aliphatic rings. The zero-order valence-corrected chi connectivity index (χ0v) is 17.2. The zero-order chi connectivity index (χ0) is 19.9. The number of methoxy groups -OCH3 is 2. The number of ether oxygens (including phenoxy) is 2. The second-order valence-corrected chi connectivity index (χ2v) is 7.25. The molecule has 0 saturated heterocycles. The van der Waals surface area contributed by atoms with Crippen molar-refractivity contribution in [1.82, 2.24) is 4.98 Å². The van der Waals surface area contributed by atoms with Gasteiger partial charge in [0.25, 0.3) is 5.91 Å². The van der Waals surface area contributed by atoms with Crippen LogP contribution in [0.1, 0.15) is 22.3 Å². The van der Waals surface area contributed by atoms with E-state index in [0.717, 1.165) is 29.0 Å². The van der Waals surface area contributed by atoms with Gasteiger partial charge in [0, 0.05) is 36.8 Å². The maximum absolute atomic E-state index is 13.2. The van der Waals surface area contributed by atoms with Gasteiger partial charge in [-0.2, -0.15) is 0 Å². The van der Waals surface area contributed by atoms with Gasteiger partial charge >= 0.3 is 0 Å². The van der Waals surface area contributed by atoms with Crippen LogP contribution in [0.5, 0.6) is 5.75 Å². The number of aromatic nitrogens is 1. The van der Waals surface area contributed by atoms with Crippen LogP contribution in [-0.4, -0.2) is 38.3 Å². The quantitative estimate of drug-likeness (QED) is 0.513. The Morgan fingerprint density at radius 2 is 1.93 bits per heavy atom. The first-order valence-electron chi connectivity index (χ1n) is 9.10. The van der Waals surface area contributed by atoms with E-state index in [0.29, 0.717) is 23.8 Å². The summed E-state index contributed by atoms with van der Waals surface area (Å²) in [6, 6.07) is 15.4. The van der Waals surface area contributed by atoms with Gasteiger partial charge in [-0.25, -0.2) is 4.98 Å². The summed E-state index contributed by atoms with van der Waals surface area (Å²) in [6.45, 7) is 3.13. The molecule has 0 saturated carbocycles. The number of nitrogens with zero attached hydrogens (tertiary/aromatic N) is 2. The highest BCUT2D eigenvalue weighted by Crippen LogP contribution is 2.29. The van der Waals surface area contributed by atoms with E-state index in [2.05, 4.69) is 0 Å². The average molecular weight is 397 g/mol. The Labute approximate surface area is 169 Å². The summed E-state index contributed by atoms with van der Waals surface area (Å²) < 4.78 is 10.4. The predicted octanol–water partition coefficient (Wildman–Crippen LogP) is 4.81. The Balaban J connectivity index is 1.87. The van der Waals surface area contributed by atoms with Crippen LogP contribution in [-0.2, 0) is 4.74 Å². The van der Waals surface area contributed by atoms with Gasteiger partial charge < -0.3 is 9.47 Å². The monoisotopic (exact) mass is 396 g/mol. The lowest BCUT2D eigenvalue weighted by molar-refractivity contribution is 0.0983. The molecule has 6 heteroatoms. The number of thiazole rings is 1. The van der Waals surface area contributed by atoms with E-state index in [1.807, 2.05) is 60.8 Å². The summed E-state index contributed by atoms with van der Waals surface area (Å²) in [6.07, 6.45) is 0.742. The Kier molecular flexibility index (Phi) is 6.79. The summed E-state index contributed by atoms with van der Waals surface area (Å²) in [4.78, 5) is 19.6. The van der Waals surface area contributed by atoms with E-state index < -0.39 is 0 Å². The number of rotatable bonds is 8. The van der Waals surface area contributed by atoms with Crippen molar-refractivity contribution in [3.05, 3.63) is 65.0 Å². The van der Waals surface area contributed by atoms with Gasteiger partial charge in [-0.15, -0.1) is 11.3 Å². The van der Waals surface area contributed by atoms with Crippen LogP contribution in [0.25, 0.3) is 11.3 Å². The number of carbonyl (C=O) groups is 1. The highest BCUT2D eigenvalue weighted by Gasteiger charge is 2.21. The fraction of sp³-hybridized carbons (Fsp3) is 0.273. The molecule has 1 amide bonds. The molecule has 0 aliphatic heterocycles. The largest absolute Gasteiger partial charge is 0.497 e. The molecule has 0 spiro atoms. The number of anilines is 1. The third kappa shape index (κ3) is 4.77. The Morgan fingerprint density at radius 1 is 1.14 bits per heavy atom. The number of benzene rings is 2. The summed E-state index contributed by atoms with van der Waals surface area (Å²) in [5, 5.41) is 2.66. The van der Waals surface area contributed by atoms with E-state index in [9.17, 15) is 4.79 Å². The smallest absolute Gasteiger partial charge is 0.260 e. The second kappa shape index (κ2) is 9.48. The first-order chi connectivity index (χ1) is 13.6. The summed E-state index contributed by atoms with van der Waals surface area (Å²) in [5.74, 6) is 0.755. The SMILES string of the molecule is COCCCN(C(=O)c1cccc(C)c1)c1nc(-c2ccc(OC)cc2)cs1. The molecule has 0 atom stereocenters. The molecular weight excluding hydrogens is 372 g/mol. The molecule has 0 fully saturated rings. The van der Waals surface area contributed by atoms with Gasteiger partial charge in [0.1, 0.15) is 5.75 Å². The molecule has 28 heavy (non-hydrogen) atoms. The van der Waals surface area contributed by atoms with Gasteiger partial charge in [-0.05, 0) is 49.7 Å². The lowest BCUT2D eigenvalue weighted by atomic mass is 10.1. The first-order valence-corrected chi connectivity index (χ1v) is 9.97. The standard InChI is InChI=1S/C22H24N2O3S/c1-16-6-4-7-18(14-16)21(25)24(12-5-13-26-2)22-23-20(15-28-22)17-8-10-19(27-3)11-9-17/h4,6-11,14-15H,5,12-13H2,1-3H3. The average Bonchev–Trinajstić information content (AvgIpc) is 3.21. The molecule has 0 unspecified atom stereocenters. The number of hydrogen-bond donors (Lipinski definition) is 0. The van der Waals surface area contributed by atoms with Crippen LogP contribution in [0.15, 0.2) is 53.9 Å². The molecule has 0 aliphatic carbocycles. The third-order valence-corrected chi connectivity index (χ3v) is 5.21. The number of aryl methyl sites for hydroxylation is 1. The van der Waals surface area contributed by atoms with Crippen LogP contribution < -0.4 is 9.64 Å². The van der Waals surface area contributed by atoms with Gasteiger partial charge in [0.15, 0.2) is 5.13 Å². The Bertz CT molecular complexity index is 922. The fourth-order valence-electron chi connectivity index (χ4n) is 2.87. The highest BCUT2D eigenvalue weighted by molar-refractivity contribution is 7.14. The van der Waals surface area contributed by atoms with E-state index in [1.54, 1.807) is 19.1 Å². The van der Waals surface area contributed by atoms with Crippen molar-refractivity contribution in [3.63, 3.8) is 0 Å². The van der Waals surface area contributed by atoms with Crippen LogP contribution >= 0.6 is 11.3 Å². The van der Waals surface area contributed by atoms with Gasteiger partial charge in [-0.1, -0.05) is 17.7 Å². The molecule has 2 aromatic carbocycles. The summed E-state index contributed by atoms with van der Waals surface area (Å²) >= 11 is 1.47. The van der Waals surface area contributed by atoms with Crippen LogP contribution in [0.2, 0.25) is 0 Å². The number of carbonyl (C=O) groups excluding carboxylic acids is 1. The van der Waals surface area contributed by atoms with Crippen molar-refractivity contribution in [2.75, 3.05) is 32.3 Å². The molecule has 3 aromatic rings. The summed E-state index contributed by atoms with van der Waals surface area (Å²) in [5.41, 5.74) is 3.55. The lowest BCUT2D eigenvalue weighted by Crippen LogP contribution is -2.32. The highest BCUT2D eigenvalue weighted by atomic mass is 32.1. The van der Waals surface area contributed by atoms with Gasteiger partial charge in [-0.3, -0.25) is 9.69 Å². The summed E-state index contributed by atoms with van der Waals surface area (Å²) in [7, 11) is 3.31. The van der Waals surface area contributed by atoms with E-state index in [4.69, 9.17) is 14.5 Å². The van der Waals surface area contributed by atoms with Crippen molar-refractivity contribution >= 4 is 22.4 Å². The molecule has 146 valence electrons. The van der Waals surface area contributed by atoms with Crippen molar-refractivity contribution < 1.29 is 14.3 Å². The topological polar surface area (TPSA) is 51.7 Å². The molecule has 3 rings (SSSR count). The maximum atomic E-state index is 13.2. The van der Waals surface area contributed by atoms with E-state index in [1.165, 1.54) is 11.3 Å². The van der Waals surface area contributed by atoms with Crippen LogP contribution in [0, 0.1) is 6.92 Å². The zero-order valence-electron chi connectivity index (χ0n) is 16.3. The molecule has 1 aromatic heterocycles. The lowest BCUT2D eigenvalue weighted by Gasteiger charge is -2.20. The Morgan fingerprint density at radius 3 is 2.61 bits per heavy atom. The molecule has 0 bridgehead atoms. The maximum Gasteiger partial charge on any atom is 0.260 e. The minimum absolute atomic E-state index is 0.0459. The van der Waals surface area contributed by atoms with Crippen molar-refractivity contribution in [1.29, 1.82) is 0 Å². The molecule has 0 N–H and O–H groups in total. The van der Waals surface area contributed by atoms with Crippen molar-refractivity contribution in [3.8, 4) is 17.0 Å². The number of amides is 1. The fourth-order valence-corrected chi connectivity index (χ4v) is 3.73. The molecular formula is C22H24N2O3S. The normalized spacial score (nSPS) is 10.7. The first kappa shape index (κ1) is 20.0. The number of hydrogen-bond acceptors (Lipinski definition) is 5. The Hall–Kier alpha value is -2.70. The van der Waals surface area contributed by atoms with E-state index in [-0.39, 0.29) is 5.91 Å². The van der Waals surface area contributed by atoms with Crippen LogP contribution in [0.4, 0.5) is 5.13 Å². The third-order valence-electron chi connectivity index (χ3n) is 4.35. The van der Waals surface area contributed by atoms with E-state index >= 15 is 0 Å². The van der Waals surface area contributed by atoms with Crippen molar-refractivity contribution in [2.45, 2.75) is 13.3 Å². The van der Waals surface area contributed by atoms with Gasteiger partial charge in [0.2, 0.25) is 0 Å². The second-order valence-electron chi connectivity index (χ2n) is 6.42. The minimum Gasteiger partial charge on any atom is -0.497 e.